The summed E-state index contributed by atoms with van der Waals surface area (Å²) in [6.45, 7) is 8.62. The number of ether oxygens (including phenoxy) is 1. The van der Waals surface area contributed by atoms with E-state index in [1.807, 2.05) is 24.3 Å². The molecule has 0 amide bonds. The number of rotatable bonds is 4. The minimum absolute atomic E-state index is 0.107. The van der Waals surface area contributed by atoms with Gasteiger partial charge in [-0.3, -0.25) is 4.90 Å². The zero-order valence-corrected chi connectivity index (χ0v) is 13.1. The van der Waals surface area contributed by atoms with E-state index in [9.17, 15) is 0 Å². The molecule has 114 valence electrons. The summed E-state index contributed by atoms with van der Waals surface area (Å²) in [5.74, 6) is 6.39. The third kappa shape index (κ3) is 5.41. The van der Waals surface area contributed by atoms with Gasteiger partial charge in [0.25, 0.3) is 0 Å². The predicted octanol–water partition coefficient (Wildman–Crippen LogP) is 2.53. The molecule has 1 N–H and O–H groups in total. The van der Waals surface area contributed by atoms with Gasteiger partial charge in [-0.25, -0.2) is 0 Å². The fourth-order valence-corrected chi connectivity index (χ4v) is 2.80. The molecule has 0 unspecified atom stereocenters. The van der Waals surface area contributed by atoms with Gasteiger partial charge >= 0.3 is 0 Å². The van der Waals surface area contributed by atoms with Crippen LogP contribution in [0.15, 0.2) is 24.3 Å². The number of aliphatic hydroxyl groups is 1. The Hall–Kier alpha value is -1.50. The summed E-state index contributed by atoms with van der Waals surface area (Å²) in [6.07, 6.45) is 2.60. The van der Waals surface area contributed by atoms with Crippen LogP contribution < -0.4 is 4.74 Å². The van der Waals surface area contributed by atoms with Crippen LogP contribution in [-0.2, 0) is 0 Å². The standard InChI is InChI=1S/C18H25NO2/c1-18(2)10-4-11-19(15-18)12-14-21-17-8-6-16(7-9-17)5-3-13-20/h6-9,20H,4,10-15H2,1-2H3. The number of piperidine rings is 1. The smallest absolute Gasteiger partial charge is 0.119 e. The van der Waals surface area contributed by atoms with E-state index < -0.39 is 0 Å². The Labute approximate surface area is 127 Å². The van der Waals surface area contributed by atoms with Crippen molar-refractivity contribution in [3.8, 4) is 17.6 Å². The maximum absolute atomic E-state index is 8.66. The van der Waals surface area contributed by atoms with Crippen LogP contribution in [0.2, 0.25) is 0 Å². The largest absolute Gasteiger partial charge is 0.492 e. The number of aliphatic hydroxyl groups excluding tert-OH is 1. The molecule has 1 aromatic carbocycles. The number of hydrogen-bond acceptors (Lipinski definition) is 3. The average Bonchev–Trinajstić information content (AvgIpc) is 2.45. The van der Waals surface area contributed by atoms with Crippen LogP contribution in [0.3, 0.4) is 0 Å². The number of nitrogens with zero attached hydrogens (tertiary/aromatic N) is 1. The van der Waals surface area contributed by atoms with Gasteiger partial charge in [0, 0.05) is 18.7 Å². The third-order valence-corrected chi connectivity index (χ3v) is 3.82. The molecule has 3 nitrogen and oxygen atoms in total. The van der Waals surface area contributed by atoms with Gasteiger partial charge in [-0.2, -0.15) is 0 Å². The maximum Gasteiger partial charge on any atom is 0.119 e. The molecule has 2 rings (SSSR count). The summed E-state index contributed by atoms with van der Waals surface area (Å²) < 4.78 is 5.80. The van der Waals surface area contributed by atoms with E-state index in [-0.39, 0.29) is 6.61 Å². The van der Waals surface area contributed by atoms with Crippen molar-refractivity contribution in [3.63, 3.8) is 0 Å². The molecule has 0 bridgehead atoms. The van der Waals surface area contributed by atoms with Crippen LogP contribution >= 0.6 is 0 Å². The lowest BCUT2D eigenvalue weighted by molar-refractivity contribution is 0.102. The molecule has 21 heavy (non-hydrogen) atoms. The lowest BCUT2D eigenvalue weighted by atomic mass is 9.84. The number of benzene rings is 1. The van der Waals surface area contributed by atoms with Crippen LogP contribution in [0.4, 0.5) is 0 Å². The fourth-order valence-electron chi connectivity index (χ4n) is 2.80. The molecule has 0 atom stereocenters. The minimum Gasteiger partial charge on any atom is -0.492 e. The molecule has 1 heterocycles. The molecule has 1 aliphatic rings. The minimum atomic E-state index is -0.107. The summed E-state index contributed by atoms with van der Waals surface area (Å²) in [5.41, 5.74) is 1.33. The first-order valence-corrected chi connectivity index (χ1v) is 7.64. The maximum atomic E-state index is 8.66. The highest BCUT2D eigenvalue weighted by atomic mass is 16.5. The summed E-state index contributed by atoms with van der Waals surface area (Å²) in [4.78, 5) is 2.49. The highest BCUT2D eigenvalue weighted by Gasteiger charge is 2.25. The average molecular weight is 287 g/mol. The Bertz CT molecular complexity index is 496. The van der Waals surface area contributed by atoms with Gasteiger partial charge < -0.3 is 9.84 Å². The Kier molecular flexibility index (Phi) is 5.67. The molecule has 3 heteroatoms. The molecule has 0 aromatic heterocycles. The lowest BCUT2D eigenvalue weighted by Crippen LogP contribution is -2.41. The zero-order valence-electron chi connectivity index (χ0n) is 13.1. The Morgan fingerprint density at radius 1 is 1.29 bits per heavy atom. The first-order chi connectivity index (χ1) is 10.1. The Morgan fingerprint density at radius 2 is 2.05 bits per heavy atom. The fraction of sp³-hybridized carbons (Fsp3) is 0.556. The molecule has 0 saturated carbocycles. The van der Waals surface area contributed by atoms with Crippen LogP contribution in [0, 0.1) is 17.3 Å². The van der Waals surface area contributed by atoms with Crippen molar-refractivity contribution in [2.24, 2.45) is 5.41 Å². The van der Waals surface area contributed by atoms with Crippen molar-refractivity contribution in [2.75, 3.05) is 32.8 Å². The molecule has 0 aliphatic carbocycles. The quantitative estimate of drug-likeness (QED) is 0.864. The molecule has 1 aliphatic heterocycles. The molecular weight excluding hydrogens is 262 g/mol. The summed E-state index contributed by atoms with van der Waals surface area (Å²) in [5, 5.41) is 8.66. The van der Waals surface area contributed by atoms with Crippen LogP contribution in [-0.4, -0.2) is 42.9 Å². The van der Waals surface area contributed by atoms with E-state index >= 15 is 0 Å². The Morgan fingerprint density at radius 3 is 2.71 bits per heavy atom. The van der Waals surface area contributed by atoms with E-state index in [2.05, 4.69) is 30.6 Å². The summed E-state index contributed by atoms with van der Waals surface area (Å²) in [7, 11) is 0. The van der Waals surface area contributed by atoms with Gasteiger partial charge in [-0.15, -0.1) is 0 Å². The molecule has 0 radical (unpaired) electrons. The monoisotopic (exact) mass is 287 g/mol. The SMILES string of the molecule is CC1(C)CCCN(CCOc2ccc(C#CCO)cc2)C1. The molecule has 1 aromatic rings. The second-order valence-electron chi connectivity index (χ2n) is 6.38. The van der Waals surface area contributed by atoms with Crippen LogP contribution in [0.5, 0.6) is 5.75 Å². The van der Waals surface area contributed by atoms with Gasteiger partial charge in [-0.05, 0) is 49.1 Å². The topological polar surface area (TPSA) is 32.7 Å². The van der Waals surface area contributed by atoms with Crippen molar-refractivity contribution in [1.29, 1.82) is 0 Å². The van der Waals surface area contributed by atoms with Gasteiger partial charge in [0.2, 0.25) is 0 Å². The normalized spacial score (nSPS) is 17.9. The highest BCUT2D eigenvalue weighted by molar-refractivity contribution is 5.38. The van der Waals surface area contributed by atoms with E-state index in [0.717, 1.165) is 31.0 Å². The van der Waals surface area contributed by atoms with Crippen LogP contribution in [0.1, 0.15) is 32.3 Å². The van der Waals surface area contributed by atoms with Gasteiger partial charge in [0.1, 0.15) is 19.0 Å². The predicted molar refractivity (Wildman–Crippen MR) is 85.4 cm³/mol. The number of likely N-dealkylation sites (tertiary alicyclic amines) is 1. The third-order valence-electron chi connectivity index (χ3n) is 3.82. The molecular formula is C18H25NO2. The second-order valence-corrected chi connectivity index (χ2v) is 6.38. The summed E-state index contributed by atoms with van der Waals surface area (Å²) >= 11 is 0. The van der Waals surface area contributed by atoms with E-state index in [1.54, 1.807) is 0 Å². The second kappa shape index (κ2) is 7.49. The van der Waals surface area contributed by atoms with E-state index in [4.69, 9.17) is 9.84 Å². The van der Waals surface area contributed by atoms with Crippen molar-refractivity contribution in [3.05, 3.63) is 29.8 Å². The summed E-state index contributed by atoms with van der Waals surface area (Å²) in [6, 6.07) is 7.70. The van der Waals surface area contributed by atoms with E-state index in [0.29, 0.717) is 5.41 Å². The highest BCUT2D eigenvalue weighted by Crippen LogP contribution is 2.28. The molecule has 1 fully saturated rings. The zero-order chi connectivity index (χ0) is 15.1. The van der Waals surface area contributed by atoms with Crippen molar-refractivity contribution >= 4 is 0 Å². The van der Waals surface area contributed by atoms with Crippen molar-refractivity contribution < 1.29 is 9.84 Å². The van der Waals surface area contributed by atoms with Crippen LogP contribution in [0.25, 0.3) is 0 Å². The number of hydrogen-bond donors (Lipinski definition) is 1. The first kappa shape index (κ1) is 15.9. The first-order valence-electron chi connectivity index (χ1n) is 7.64. The molecule has 1 saturated heterocycles. The van der Waals surface area contributed by atoms with Gasteiger partial charge in [-0.1, -0.05) is 25.7 Å². The van der Waals surface area contributed by atoms with E-state index in [1.165, 1.54) is 19.4 Å². The Balaban J connectivity index is 1.75. The van der Waals surface area contributed by atoms with Crippen molar-refractivity contribution in [2.45, 2.75) is 26.7 Å². The van der Waals surface area contributed by atoms with Gasteiger partial charge in [0.15, 0.2) is 0 Å². The van der Waals surface area contributed by atoms with Gasteiger partial charge in [0.05, 0.1) is 0 Å². The van der Waals surface area contributed by atoms with Crippen molar-refractivity contribution in [1.82, 2.24) is 4.90 Å². The lowest BCUT2D eigenvalue weighted by Gasteiger charge is -2.37. The molecule has 0 spiro atoms.